The summed E-state index contributed by atoms with van der Waals surface area (Å²) in [5.74, 6) is -0.200. The molecule has 2 amide bonds. The Kier molecular flexibility index (Phi) is 6.28. The molecule has 6 heteroatoms. The number of hydrogen-bond acceptors (Lipinski definition) is 3. The van der Waals surface area contributed by atoms with Crippen molar-refractivity contribution in [3.05, 3.63) is 34.9 Å². The van der Waals surface area contributed by atoms with Crippen LogP contribution in [-0.4, -0.2) is 43.6 Å². The van der Waals surface area contributed by atoms with E-state index in [4.69, 9.17) is 16.3 Å². The first kappa shape index (κ1) is 17.6. The largest absolute Gasteiger partial charge is 0.469 e. The molecule has 1 aliphatic rings. The molecule has 0 bridgehead atoms. The summed E-state index contributed by atoms with van der Waals surface area (Å²) in [6.07, 6.45) is 1.34. The highest BCUT2D eigenvalue weighted by Gasteiger charge is 2.33. The Bertz CT molecular complexity index is 565. The Morgan fingerprint density at radius 2 is 2.13 bits per heavy atom. The predicted molar refractivity (Wildman–Crippen MR) is 89.4 cm³/mol. The van der Waals surface area contributed by atoms with E-state index in [1.54, 1.807) is 4.90 Å². The molecule has 1 aromatic carbocycles. The maximum Gasteiger partial charge on any atom is 0.317 e. The van der Waals surface area contributed by atoms with Crippen LogP contribution in [-0.2, 0) is 16.0 Å². The highest BCUT2D eigenvalue weighted by Crippen LogP contribution is 2.24. The van der Waals surface area contributed by atoms with Crippen LogP contribution < -0.4 is 5.32 Å². The van der Waals surface area contributed by atoms with Gasteiger partial charge in [-0.3, -0.25) is 4.79 Å². The van der Waals surface area contributed by atoms with Crippen LogP contribution in [0.1, 0.15) is 18.9 Å². The van der Waals surface area contributed by atoms with Crippen LogP contribution in [0.15, 0.2) is 24.3 Å². The molecule has 1 aromatic rings. The molecule has 1 saturated heterocycles. The normalized spacial score (nSPS) is 20.9. The molecule has 0 aromatic heterocycles. The predicted octanol–water partition coefficient (Wildman–Crippen LogP) is 2.72. The summed E-state index contributed by atoms with van der Waals surface area (Å²) in [5, 5.41) is 3.64. The van der Waals surface area contributed by atoms with Crippen LogP contribution in [0.5, 0.6) is 0 Å². The molecule has 1 heterocycles. The van der Waals surface area contributed by atoms with Crippen molar-refractivity contribution < 1.29 is 14.3 Å². The first-order chi connectivity index (χ1) is 11.0. The molecular weight excluding hydrogens is 316 g/mol. The highest BCUT2D eigenvalue weighted by molar-refractivity contribution is 6.31. The number of nitrogens with one attached hydrogen (secondary N) is 1. The summed E-state index contributed by atoms with van der Waals surface area (Å²) >= 11 is 6.10. The van der Waals surface area contributed by atoms with E-state index in [2.05, 4.69) is 5.32 Å². The van der Waals surface area contributed by atoms with Gasteiger partial charge >= 0.3 is 12.0 Å². The number of rotatable bonds is 4. The van der Waals surface area contributed by atoms with Gasteiger partial charge in [0.2, 0.25) is 0 Å². The second-order valence-corrected chi connectivity index (χ2v) is 6.32. The standard InChI is InChI=1S/C17H23ClN2O3/c1-12-11-20(10-8-14(12)16(21)23-2)17(22)19-9-7-13-5-3-4-6-15(13)18/h3-6,12,14H,7-11H2,1-2H3,(H,19,22)/t12-,14-/m1/s1. The molecule has 1 aliphatic heterocycles. The second kappa shape index (κ2) is 8.20. The molecule has 2 rings (SSSR count). The number of halogens is 1. The number of ether oxygens (including phenoxy) is 1. The molecule has 1 fully saturated rings. The lowest BCUT2D eigenvalue weighted by Gasteiger charge is -2.35. The van der Waals surface area contributed by atoms with Gasteiger partial charge in [-0.05, 0) is 30.4 Å². The zero-order chi connectivity index (χ0) is 16.8. The van der Waals surface area contributed by atoms with Crippen molar-refractivity contribution >= 4 is 23.6 Å². The average molecular weight is 339 g/mol. The fourth-order valence-electron chi connectivity index (χ4n) is 2.95. The minimum atomic E-state index is -0.184. The van der Waals surface area contributed by atoms with Gasteiger partial charge < -0.3 is 15.0 Å². The molecule has 0 radical (unpaired) electrons. The average Bonchev–Trinajstić information content (AvgIpc) is 2.55. The lowest BCUT2D eigenvalue weighted by molar-refractivity contribution is -0.148. The number of methoxy groups -OCH3 is 1. The van der Waals surface area contributed by atoms with Gasteiger partial charge in [-0.1, -0.05) is 36.7 Å². The molecule has 0 aliphatic carbocycles. The number of nitrogens with zero attached hydrogens (tertiary/aromatic N) is 1. The number of benzene rings is 1. The maximum atomic E-state index is 12.2. The fourth-order valence-corrected chi connectivity index (χ4v) is 3.18. The van der Waals surface area contributed by atoms with Gasteiger partial charge in [0.25, 0.3) is 0 Å². The molecule has 0 saturated carbocycles. The molecule has 5 nitrogen and oxygen atoms in total. The van der Waals surface area contributed by atoms with Crippen LogP contribution in [0.2, 0.25) is 5.02 Å². The number of carbonyl (C=O) groups excluding carboxylic acids is 2. The second-order valence-electron chi connectivity index (χ2n) is 5.91. The maximum absolute atomic E-state index is 12.2. The van der Waals surface area contributed by atoms with E-state index >= 15 is 0 Å². The number of esters is 1. The Morgan fingerprint density at radius 1 is 1.39 bits per heavy atom. The van der Waals surface area contributed by atoms with Crippen LogP contribution in [0.3, 0.4) is 0 Å². The first-order valence-electron chi connectivity index (χ1n) is 7.87. The van der Waals surface area contributed by atoms with Gasteiger partial charge in [0.15, 0.2) is 0 Å². The number of carbonyl (C=O) groups is 2. The zero-order valence-electron chi connectivity index (χ0n) is 13.5. The minimum Gasteiger partial charge on any atom is -0.469 e. The lowest BCUT2D eigenvalue weighted by atomic mass is 9.87. The Hall–Kier alpha value is -1.75. The Morgan fingerprint density at radius 3 is 2.78 bits per heavy atom. The van der Waals surface area contributed by atoms with Crippen LogP contribution >= 0.6 is 11.6 Å². The topological polar surface area (TPSA) is 58.6 Å². The van der Waals surface area contributed by atoms with Gasteiger partial charge in [0.05, 0.1) is 13.0 Å². The number of likely N-dealkylation sites (tertiary alicyclic amines) is 1. The molecule has 23 heavy (non-hydrogen) atoms. The van der Waals surface area contributed by atoms with Crippen molar-refractivity contribution in [1.82, 2.24) is 10.2 Å². The quantitative estimate of drug-likeness (QED) is 0.859. The summed E-state index contributed by atoms with van der Waals surface area (Å²) in [4.78, 5) is 25.7. The number of piperidine rings is 1. The third-order valence-electron chi connectivity index (χ3n) is 4.32. The van der Waals surface area contributed by atoms with Gasteiger partial charge in [0, 0.05) is 24.7 Å². The lowest BCUT2D eigenvalue weighted by Crippen LogP contribution is -2.49. The molecule has 0 unspecified atom stereocenters. The van der Waals surface area contributed by atoms with Crippen LogP contribution in [0.25, 0.3) is 0 Å². The number of hydrogen-bond donors (Lipinski definition) is 1. The molecule has 0 spiro atoms. The smallest absolute Gasteiger partial charge is 0.317 e. The third kappa shape index (κ3) is 4.61. The van der Waals surface area contributed by atoms with Gasteiger partial charge in [0.1, 0.15) is 0 Å². The van der Waals surface area contributed by atoms with Gasteiger partial charge in [-0.15, -0.1) is 0 Å². The highest BCUT2D eigenvalue weighted by atomic mass is 35.5. The molecular formula is C17H23ClN2O3. The zero-order valence-corrected chi connectivity index (χ0v) is 14.3. The summed E-state index contributed by atoms with van der Waals surface area (Å²) in [6.45, 7) is 3.65. The van der Waals surface area contributed by atoms with Crippen molar-refractivity contribution in [2.75, 3.05) is 26.7 Å². The van der Waals surface area contributed by atoms with Crippen molar-refractivity contribution in [3.63, 3.8) is 0 Å². The van der Waals surface area contributed by atoms with E-state index in [0.29, 0.717) is 37.5 Å². The summed E-state index contributed by atoms with van der Waals surface area (Å²) < 4.78 is 4.81. The van der Waals surface area contributed by atoms with Crippen molar-refractivity contribution in [2.45, 2.75) is 19.8 Å². The van der Waals surface area contributed by atoms with E-state index in [0.717, 1.165) is 5.56 Å². The molecule has 2 atom stereocenters. The Balaban J connectivity index is 1.79. The Labute approximate surface area is 141 Å². The van der Waals surface area contributed by atoms with Crippen molar-refractivity contribution in [2.24, 2.45) is 11.8 Å². The van der Waals surface area contributed by atoms with Crippen molar-refractivity contribution in [3.8, 4) is 0 Å². The molecule has 126 valence electrons. The van der Waals surface area contributed by atoms with E-state index in [1.807, 2.05) is 31.2 Å². The first-order valence-corrected chi connectivity index (χ1v) is 8.24. The summed E-state index contributed by atoms with van der Waals surface area (Å²) in [7, 11) is 1.41. The van der Waals surface area contributed by atoms with E-state index < -0.39 is 0 Å². The third-order valence-corrected chi connectivity index (χ3v) is 4.69. The van der Waals surface area contributed by atoms with Gasteiger partial charge in [-0.25, -0.2) is 4.79 Å². The SMILES string of the molecule is COC(=O)[C@@H]1CCN(C(=O)NCCc2ccccc2Cl)C[C@H]1C. The monoisotopic (exact) mass is 338 g/mol. The van der Waals surface area contributed by atoms with Crippen LogP contribution in [0, 0.1) is 11.8 Å². The van der Waals surface area contributed by atoms with Crippen molar-refractivity contribution in [1.29, 1.82) is 0 Å². The van der Waals surface area contributed by atoms with E-state index in [1.165, 1.54) is 7.11 Å². The van der Waals surface area contributed by atoms with E-state index in [-0.39, 0.29) is 23.8 Å². The summed E-state index contributed by atoms with van der Waals surface area (Å²) in [5.41, 5.74) is 1.02. The van der Waals surface area contributed by atoms with Gasteiger partial charge in [-0.2, -0.15) is 0 Å². The number of amides is 2. The fraction of sp³-hybridized carbons (Fsp3) is 0.529. The number of urea groups is 1. The van der Waals surface area contributed by atoms with E-state index in [9.17, 15) is 9.59 Å². The molecule has 1 N–H and O–H groups in total. The summed E-state index contributed by atoms with van der Waals surface area (Å²) in [6, 6.07) is 7.53. The minimum absolute atomic E-state index is 0.0905. The van der Waals surface area contributed by atoms with Crippen LogP contribution in [0.4, 0.5) is 4.79 Å².